The lowest BCUT2D eigenvalue weighted by molar-refractivity contribution is 0.596. The first kappa shape index (κ1) is 35.0. The van der Waals surface area contributed by atoms with Gasteiger partial charge in [0.05, 0.1) is 0 Å². The maximum absolute atomic E-state index is 6.64. The van der Waals surface area contributed by atoms with Gasteiger partial charge in [-0.2, -0.15) is 0 Å². The van der Waals surface area contributed by atoms with Gasteiger partial charge in [0.2, 0.25) is 0 Å². The number of fused-ring (bicyclic) bond motifs is 9. The molecule has 0 fully saturated rings. The van der Waals surface area contributed by atoms with Crippen molar-refractivity contribution in [3.63, 3.8) is 0 Å². The zero-order chi connectivity index (χ0) is 40.3. The van der Waals surface area contributed by atoms with Crippen molar-refractivity contribution in [3.05, 3.63) is 211 Å². The zero-order valence-electron chi connectivity index (χ0n) is 33.2. The number of aryl methyl sites for hydroxylation is 1. The molecule has 1 aliphatic rings. The number of nitrogens with zero attached hydrogens (tertiary/aromatic N) is 3. The van der Waals surface area contributed by atoms with Crippen molar-refractivity contribution in [1.29, 1.82) is 0 Å². The molecule has 2 heterocycles. The molecule has 4 nitrogen and oxygen atoms in total. The summed E-state index contributed by atoms with van der Waals surface area (Å²) in [6, 6.07) is 68.7. The molecular formula is C57H37N3O. The highest BCUT2D eigenvalue weighted by Crippen LogP contribution is 2.41. The Kier molecular flexibility index (Phi) is 8.27. The molecule has 2 aromatic heterocycles. The van der Waals surface area contributed by atoms with Crippen LogP contribution in [0, 0.1) is 0 Å². The molecule has 0 amide bonds. The molecule has 0 spiro atoms. The van der Waals surface area contributed by atoms with E-state index in [1.54, 1.807) is 0 Å². The van der Waals surface area contributed by atoms with Crippen molar-refractivity contribution in [2.24, 2.45) is 0 Å². The summed E-state index contributed by atoms with van der Waals surface area (Å²) in [6.07, 6.45) is 4.15. The lowest BCUT2D eigenvalue weighted by atomic mass is 9.89. The molecule has 0 aliphatic heterocycles. The number of aromatic nitrogens is 3. The first-order valence-electron chi connectivity index (χ1n) is 20.9. The number of hydrogen-bond acceptors (Lipinski definition) is 4. The average Bonchev–Trinajstić information content (AvgIpc) is 3.72. The largest absolute Gasteiger partial charge is 0.456 e. The summed E-state index contributed by atoms with van der Waals surface area (Å²) in [5, 5.41) is 8.93. The van der Waals surface area contributed by atoms with Gasteiger partial charge in [-0.15, -0.1) is 0 Å². The molecule has 0 saturated carbocycles. The van der Waals surface area contributed by atoms with Crippen molar-refractivity contribution >= 4 is 54.9 Å². The minimum absolute atomic E-state index is 0.640. The number of allylic oxidation sites excluding steroid dienone is 1. The van der Waals surface area contributed by atoms with Gasteiger partial charge in [0.15, 0.2) is 17.5 Å². The van der Waals surface area contributed by atoms with Gasteiger partial charge in [0.1, 0.15) is 11.3 Å². The number of benzene rings is 9. The second-order valence-electron chi connectivity index (χ2n) is 15.9. The zero-order valence-corrected chi connectivity index (χ0v) is 33.2. The predicted octanol–water partition coefficient (Wildman–Crippen LogP) is 14.9. The van der Waals surface area contributed by atoms with Gasteiger partial charge in [0, 0.05) is 27.6 Å². The summed E-state index contributed by atoms with van der Waals surface area (Å²) in [4.78, 5) is 14.7. The minimum atomic E-state index is 0.640. The van der Waals surface area contributed by atoms with E-state index >= 15 is 0 Å². The van der Waals surface area contributed by atoms with Crippen molar-refractivity contribution in [2.45, 2.75) is 12.8 Å². The van der Waals surface area contributed by atoms with Crippen LogP contribution in [0.25, 0.3) is 111 Å². The van der Waals surface area contributed by atoms with E-state index in [4.69, 9.17) is 19.4 Å². The standard InChI is InChI=1S/C57H37N3O/c1-3-12-37(13-4-1)55-58-56(38-14-5-2-6-15-38)60-57(59-55)39-24-22-36(23-25-39)43-27-30-50-51-31-28-44(35-54(51)61-53(50)34-43)41-17-11-16-40(32-41)42-26-29-49-47-20-8-7-18-45(47)46-19-9-10-21-48(46)52(49)33-42/h1-27,29-30,32-35H,28,31H2. The van der Waals surface area contributed by atoms with Crippen LogP contribution in [0.4, 0.5) is 0 Å². The summed E-state index contributed by atoms with van der Waals surface area (Å²) in [5.74, 6) is 2.90. The van der Waals surface area contributed by atoms with Crippen LogP contribution in [0.15, 0.2) is 199 Å². The molecule has 0 bridgehead atoms. The molecule has 12 rings (SSSR count). The predicted molar refractivity (Wildman–Crippen MR) is 252 cm³/mol. The van der Waals surface area contributed by atoms with Crippen molar-refractivity contribution in [3.8, 4) is 56.4 Å². The van der Waals surface area contributed by atoms with E-state index in [0.29, 0.717) is 17.5 Å². The van der Waals surface area contributed by atoms with Crippen LogP contribution in [-0.4, -0.2) is 15.0 Å². The minimum Gasteiger partial charge on any atom is -0.456 e. The Morgan fingerprint density at radius 2 is 0.754 bits per heavy atom. The fourth-order valence-corrected chi connectivity index (χ4v) is 9.18. The Hall–Kier alpha value is -7.95. The van der Waals surface area contributed by atoms with Crippen LogP contribution in [0.1, 0.15) is 23.3 Å². The van der Waals surface area contributed by atoms with Crippen LogP contribution in [0.5, 0.6) is 0 Å². The van der Waals surface area contributed by atoms with Crippen molar-refractivity contribution < 1.29 is 4.42 Å². The Labute approximate surface area is 353 Å². The fourth-order valence-electron chi connectivity index (χ4n) is 9.18. The quantitative estimate of drug-likeness (QED) is 0.158. The second kappa shape index (κ2) is 14.4. The molecule has 11 aromatic rings. The third kappa shape index (κ3) is 6.20. The van der Waals surface area contributed by atoms with E-state index in [9.17, 15) is 0 Å². The number of furan rings is 1. The molecule has 0 unspecified atom stereocenters. The van der Waals surface area contributed by atoms with E-state index in [2.05, 4.69) is 140 Å². The summed E-state index contributed by atoms with van der Waals surface area (Å²) >= 11 is 0. The molecule has 1 aliphatic carbocycles. The lowest BCUT2D eigenvalue weighted by Crippen LogP contribution is -2.00. The highest BCUT2D eigenvalue weighted by Gasteiger charge is 2.20. The number of hydrogen-bond donors (Lipinski definition) is 0. The molecule has 61 heavy (non-hydrogen) atoms. The van der Waals surface area contributed by atoms with Crippen molar-refractivity contribution in [1.82, 2.24) is 15.0 Å². The van der Waals surface area contributed by atoms with Gasteiger partial charge >= 0.3 is 0 Å². The first-order valence-corrected chi connectivity index (χ1v) is 20.9. The summed E-state index contributed by atoms with van der Waals surface area (Å²) < 4.78 is 6.64. The van der Waals surface area contributed by atoms with Crippen LogP contribution < -0.4 is 0 Å². The van der Waals surface area contributed by atoms with Crippen molar-refractivity contribution in [2.75, 3.05) is 0 Å². The maximum Gasteiger partial charge on any atom is 0.164 e. The topological polar surface area (TPSA) is 51.8 Å². The summed E-state index contributed by atoms with van der Waals surface area (Å²) in [7, 11) is 0. The van der Waals surface area contributed by atoms with Gasteiger partial charge in [-0.1, -0.05) is 176 Å². The smallest absolute Gasteiger partial charge is 0.164 e. The fraction of sp³-hybridized carbons (Fsp3) is 0.0351. The molecule has 4 heteroatoms. The van der Waals surface area contributed by atoms with Crippen LogP contribution in [-0.2, 0) is 6.42 Å². The molecule has 0 saturated heterocycles. The summed E-state index contributed by atoms with van der Waals surface area (Å²) in [6.45, 7) is 0. The maximum atomic E-state index is 6.64. The van der Waals surface area contributed by atoms with Crippen LogP contribution in [0.3, 0.4) is 0 Å². The average molecular weight is 780 g/mol. The van der Waals surface area contributed by atoms with Gasteiger partial charge in [0.25, 0.3) is 0 Å². The Balaban J connectivity index is 0.848. The lowest BCUT2D eigenvalue weighted by Gasteiger charge is -2.15. The van der Waals surface area contributed by atoms with Gasteiger partial charge < -0.3 is 4.42 Å². The van der Waals surface area contributed by atoms with E-state index < -0.39 is 0 Å². The molecular weight excluding hydrogens is 743 g/mol. The normalized spacial score (nSPS) is 12.6. The first-order chi connectivity index (χ1) is 30.2. The van der Waals surface area contributed by atoms with E-state index in [1.165, 1.54) is 65.5 Å². The molecule has 0 atom stereocenters. The van der Waals surface area contributed by atoms with E-state index in [-0.39, 0.29) is 0 Å². The van der Waals surface area contributed by atoms with Crippen LogP contribution in [0.2, 0.25) is 0 Å². The van der Waals surface area contributed by atoms with Gasteiger partial charge in [-0.05, 0) is 103 Å². The highest BCUT2D eigenvalue weighted by molar-refractivity contribution is 6.25. The second-order valence-corrected chi connectivity index (χ2v) is 15.9. The molecule has 286 valence electrons. The Morgan fingerprint density at radius 3 is 1.38 bits per heavy atom. The molecule has 9 aromatic carbocycles. The Morgan fingerprint density at radius 1 is 0.311 bits per heavy atom. The third-order valence-electron chi connectivity index (χ3n) is 12.3. The van der Waals surface area contributed by atoms with E-state index in [0.717, 1.165) is 52.0 Å². The molecule has 0 radical (unpaired) electrons. The SMILES string of the molecule is C1=C(c2cccc(-c3ccc4c5ccccc5c5ccccc5c4c3)c2)CCc2c1oc1cc(-c3ccc(-c4nc(-c5ccccc5)nc(-c5ccccc5)n4)cc3)ccc21. The Bertz CT molecular complexity index is 3420. The summed E-state index contributed by atoms with van der Waals surface area (Å²) in [5.41, 5.74) is 12.2. The van der Waals surface area contributed by atoms with Crippen LogP contribution >= 0.6 is 0 Å². The van der Waals surface area contributed by atoms with E-state index in [1.807, 2.05) is 60.7 Å². The van der Waals surface area contributed by atoms with Gasteiger partial charge in [-0.25, -0.2) is 15.0 Å². The van der Waals surface area contributed by atoms with Gasteiger partial charge in [-0.3, -0.25) is 0 Å². The molecule has 0 N–H and O–H groups in total. The highest BCUT2D eigenvalue weighted by atomic mass is 16.3. The monoisotopic (exact) mass is 779 g/mol. The third-order valence-corrected chi connectivity index (χ3v) is 12.3. The number of rotatable bonds is 6.